The second-order valence-corrected chi connectivity index (χ2v) is 9.93. The van der Waals surface area contributed by atoms with E-state index in [1.807, 2.05) is 37.3 Å². The molecule has 29 heavy (non-hydrogen) atoms. The highest BCUT2D eigenvalue weighted by Crippen LogP contribution is 2.35. The highest BCUT2D eigenvalue weighted by molar-refractivity contribution is 14.1. The van der Waals surface area contributed by atoms with Gasteiger partial charge in [-0.2, -0.15) is 0 Å². The first-order valence-corrected chi connectivity index (χ1v) is 11.7. The monoisotopic (exact) mass is 518 g/mol. The zero-order valence-corrected chi connectivity index (χ0v) is 18.6. The first-order valence-electron chi connectivity index (χ1n) is 9.15. The molecular formula is C22H19IN2O3S. The molecule has 0 saturated carbocycles. The highest BCUT2D eigenvalue weighted by atomic mass is 127. The summed E-state index contributed by atoms with van der Waals surface area (Å²) in [5, 5.41) is 0. The van der Waals surface area contributed by atoms with Crippen LogP contribution in [0.5, 0.6) is 0 Å². The number of rotatable bonds is 4. The van der Waals surface area contributed by atoms with Gasteiger partial charge in [-0.15, -0.1) is 0 Å². The van der Waals surface area contributed by atoms with Gasteiger partial charge in [0.25, 0.3) is 15.9 Å². The van der Waals surface area contributed by atoms with Crippen molar-refractivity contribution in [2.45, 2.75) is 24.3 Å². The van der Waals surface area contributed by atoms with Crippen molar-refractivity contribution >= 4 is 49.9 Å². The van der Waals surface area contributed by atoms with Crippen LogP contribution in [0, 0.1) is 3.57 Å². The summed E-state index contributed by atoms with van der Waals surface area (Å²) in [7, 11) is -3.71. The molecule has 0 fully saturated rings. The van der Waals surface area contributed by atoms with E-state index < -0.39 is 10.0 Å². The molecule has 1 aliphatic heterocycles. The molecule has 3 aromatic rings. The number of hydrogen-bond acceptors (Lipinski definition) is 3. The number of benzene rings is 3. The van der Waals surface area contributed by atoms with E-state index in [9.17, 15) is 13.2 Å². The minimum absolute atomic E-state index is 0.0418. The summed E-state index contributed by atoms with van der Waals surface area (Å²) >= 11 is 2.17. The van der Waals surface area contributed by atoms with Crippen LogP contribution in [0.3, 0.4) is 0 Å². The average molecular weight is 518 g/mol. The molecule has 1 heterocycles. The molecule has 0 spiro atoms. The zero-order chi connectivity index (χ0) is 20.6. The Bertz CT molecular complexity index is 1160. The largest absolute Gasteiger partial charge is 0.305 e. The molecule has 1 N–H and O–H groups in total. The molecule has 0 aromatic heterocycles. The third-order valence-electron chi connectivity index (χ3n) is 4.91. The number of nitrogens with zero attached hydrogens (tertiary/aromatic N) is 1. The maximum absolute atomic E-state index is 13.0. The first-order chi connectivity index (χ1) is 13.8. The number of sulfonamides is 1. The first kappa shape index (κ1) is 19.9. The summed E-state index contributed by atoms with van der Waals surface area (Å²) in [4.78, 5) is 14.9. The molecule has 7 heteroatoms. The summed E-state index contributed by atoms with van der Waals surface area (Å²) in [6.45, 7) is 1.97. The van der Waals surface area contributed by atoms with Gasteiger partial charge in [0.1, 0.15) is 0 Å². The predicted octanol–water partition coefficient (Wildman–Crippen LogP) is 4.68. The molecule has 1 amide bonds. The van der Waals surface area contributed by atoms with Crippen molar-refractivity contribution in [3.63, 3.8) is 0 Å². The quantitative estimate of drug-likeness (QED) is 0.510. The fraction of sp³-hybridized carbons (Fsp3) is 0.136. The van der Waals surface area contributed by atoms with Crippen LogP contribution in [-0.4, -0.2) is 20.4 Å². The number of hydrogen-bond donors (Lipinski definition) is 1. The molecule has 3 aromatic carbocycles. The van der Waals surface area contributed by atoms with Gasteiger partial charge in [0.2, 0.25) is 0 Å². The average Bonchev–Trinajstić information content (AvgIpc) is 3.04. The number of fused-ring (bicyclic) bond motifs is 1. The van der Waals surface area contributed by atoms with Crippen LogP contribution in [0.4, 0.5) is 11.4 Å². The van der Waals surface area contributed by atoms with E-state index in [1.165, 1.54) is 0 Å². The van der Waals surface area contributed by atoms with Crippen LogP contribution in [0.2, 0.25) is 0 Å². The van der Waals surface area contributed by atoms with Gasteiger partial charge in [0.05, 0.1) is 4.90 Å². The van der Waals surface area contributed by atoms with Crippen LogP contribution < -0.4 is 9.62 Å². The Morgan fingerprint density at radius 3 is 2.41 bits per heavy atom. The minimum Gasteiger partial charge on any atom is -0.305 e. The van der Waals surface area contributed by atoms with Crippen LogP contribution in [-0.2, 0) is 16.4 Å². The molecular weight excluding hydrogens is 499 g/mol. The van der Waals surface area contributed by atoms with Crippen molar-refractivity contribution in [1.29, 1.82) is 0 Å². The normalized spacial score (nSPS) is 15.8. The number of nitrogens with one attached hydrogen (secondary N) is 1. The lowest BCUT2D eigenvalue weighted by Crippen LogP contribution is -2.35. The molecule has 0 bridgehead atoms. The van der Waals surface area contributed by atoms with E-state index in [4.69, 9.17) is 0 Å². The second kappa shape index (κ2) is 7.79. The number of anilines is 2. The van der Waals surface area contributed by atoms with Gasteiger partial charge in [0, 0.05) is 26.6 Å². The van der Waals surface area contributed by atoms with Gasteiger partial charge in [-0.25, -0.2) is 8.42 Å². The maximum atomic E-state index is 13.0. The number of carbonyl (C=O) groups excluding carboxylic acids is 1. The van der Waals surface area contributed by atoms with Crippen molar-refractivity contribution in [2.24, 2.45) is 0 Å². The van der Waals surface area contributed by atoms with Crippen molar-refractivity contribution in [3.8, 4) is 0 Å². The fourth-order valence-corrected chi connectivity index (χ4v) is 5.00. The highest BCUT2D eigenvalue weighted by Gasteiger charge is 2.32. The fourth-order valence-electron chi connectivity index (χ4n) is 3.54. The predicted molar refractivity (Wildman–Crippen MR) is 123 cm³/mol. The Morgan fingerprint density at radius 2 is 1.72 bits per heavy atom. The van der Waals surface area contributed by atoms with Gasteiger partial charge in [0.15, 0.2) is 0 Å². The summed E-state index contributed by atoms with van der Waals surface area (Å²) in [5.41, 5.74) is 2.75. The van der Waals surface area contributed by atoms with Gasteiger partial charge < -0.3 is 4.90 Å². The third-order valence-corrected chi connectivity index (χ3v) is 7.01. The van der Waals surface area contributed by atoms with Crippen LogP contribution in [0.1, 0.15) is 22.8 Å². The third kappa shape index (κ3) is 4.02. The number of carbonyl (C=O) groups is 1. The summed E-state index contributed by atoms with van der Waals surface area (Å²) < 4.78 is 29.3. The van der Waals surface area contributed by atoms with Gasteiger partial charge in [-0.1, -0.05) is 18.2 Å². The van der Waals surface area contributed by atoms with E-state index in [1.54, 1.807) is 47.4 Å². The maximum Gasteiger partial charge on any atom is 0.261 e. The van der Waals surface area contributed by atoms with Crippen molar-refractivity contribution < 1.29 is 13.2 Å². The van der Waals surface area contributed by atoms with E-state index >= 15 is 0 Å². The Labute approximate surface area is 183 Å². The molecule has 0 aliphatic carbocycles. The van der Waals surface area contributed by atoms with Gasteiger partial charge >= 0.3 is 0 Å². The van der Waals surface area contributed by atoms with Crippen LogP contribution in [0.15, 0.2) is 77.7 Å². The lowest BCUT2D eigenvalue weighted by Gasteiger charge is -2.23. The molecule has 0 saturated heterocycles. The summed E-state index contributed by atoms with van der Waals surface area (Å²) in [6.07, 6.45) is 0.612. The SMILES string of the molecule is C[C@H]1Cc2cc(S(=O)(=O)Nc3ccc(I)cc3)ccc2N1C(=O)c1ccccc1. The Hall–Kier alpha value is -2.39. The number of amides is 1. The Kier molecular flexibility index (Phi) is 5.35. The van der Waals surface area contributed by atoms with Crippen molar-refractivity contribution in [2.75, 3.05) is 9.62 Å². The smallest absolute Gasteiger partial charge is 0.261 e. The molecule has 0 radical (unpaired) electrons. The Morgan fingerprint density at radius 1 is 1.03 bits per heavy atom. The lowest BCUT2D eigenvalue weighted by atomic mass is 10.1. The van der Waals surface area contributed by atoms with Crippen molar-refractivity contribution in [3.05, 3.63) is 87.5 Å². The molecule has 4 rings (SSSR count). The van der Waals surface area contributed by atoms with E-state index in [0.717, 1.165) is 14.8 Å². The number of halogens is 1. The second-order valence-electron chi connectivity index (χ2n) is 7.00. The van der Waals surface area contributed by atoms with Gasteiger partial charge in [-0.05, 0) is 96.1 Å². The van der Waals surface area contributed by atoms with E-state index in [-0.39, 0.29) is 16.8 Å². The van der Waals surface area contributed by atoms with E-state index in [0.29, 0.717) is 17.7 Å². The molecule has 0 unspecified atom stereocenters. The molecule has 148 valence electrons. The van der Waals surface area contributed by atoms with Crippen LogP contribution in [0.25, 0.3) is 0 Å². The zero-order valence-electron chi connectivity index (χ0n) is 15.7. The minimum atomic E-state index is -3.71. The Balaban J connectivity index is 1.63. The standard InChI is InChI=1S/C22H19IN2O3S/c1-15-13-17-14-20(29(27,28)24-19-9-7-18(23)8-10-19)11-12-21(17)25(15)22(26)16-5-3-2-4-6-16/h2-12,14-15,24H,13H2,1H3/t15-/m0/s1. The van der Waals surface area contributed by atoms with Gasteiger partial charge in [-0.3, -0.25) is 9.52 Å². The molecule has 1 aliphatic rings. The summed E-state index contributed by atoms with van der Waals surface area (Å²) in [6, 6.07) is 21.2. The topological polar surface area (TPSA) is 66.5 Å². The molecule has 5 nitrogen and oxygen atoms in total. The summed E-state index contributed by atoms with van der Waals surface area (Å²) in [5.74, 6) is -0.0792. The molecule has 1 atom stereocenters. The van der Waals surface area contributed by atoms with Crippen molar-refractivity contribution in [1.82, 2.24) is 0 Å². The van der Waals surface area contributed by atoms with Crippen LogP contribution >= 0.6 is 22.6 Å². The van der Waals surface area contributed by atoms with E-state index in [2.05, 4.69) is 27.3 Å². The lowest BCUT2D eigenvalue weighted by molar-refractivity contribution is 0.0981.